The lowest BCUT2D eigenvalue weighted by Gasteiger charge is -2.11. The van der Waals surface area contributed by atoms with Gasteiger partial charge in [-0.3, -0.25) is 10.1 Å². The predicted molar refractivity (Wildman–Crippen MR) is 85.5 cm³/mol. The molecule has 25 heavy (non-hydrogen) atoms. The van der Waals surface area contributed by atoms with E-state index in [0.29, 0.717) is 0 Å². The molecule has 0 heterocycles. The topological polar surface area (TPSA) is 126 Å². The summed E-state index contributed by atoms with van der Waals surface area (Å²) in [5, 5.41) is 13.5. The fourth-order valence-electron chi connectivity index (χ4n) is 1.75. The van der Waals surface area contributed by atoms with E-state index in [1.54, 1.807) is 0 Å². The van der Waals surface area contributed by atoms with E-state index in [0.717, 1.165) is 6.08 Å². The van der Waals surface area contributed by atoms with Crippen LogP contribution in [0.5, 0.6) is 11.5 Å². The van der Waals surface area contributed by atoms with Gasteiger partial charge in [0.05, 0.1) is 37.3 Å². The molecule has 1 aromatic rings. The fraction of sp³-hybridized carbons (Fsp3) is 0.333. The van der Waals surface area contributed by atoms with Gasteiger partial charge >= 0.3 is 12.1 Å². The van der Waals surface area contributed by atoms with E-state index >= 15 is 0 Å². The van der Waals surface area contributed by atoms with Crippen LogP contribution < -0.4 is 14.8 Å². The van der Waals surface area contributed by atoms with Crippen molar-refractivity contribution in [3.63, 3.8) is 0 Å². The summed E-state index contributed by atoms with van der Waals surface area (Å²) in [4.78, 5) is 32.9. The van der Waals surface area contributed by atoms with Gasteiger partial charge in [0.2, 0.25) is 0 Å². The molecule has 1 amide bonds. The minimum atomic E-state index is -0.821. The maximum absolute atomic E-state index is 11.6. The van der Waals surface area contributed by atoms with E-state index in [1.165, 1.54) is 26.4 Å². The number of hydrogen-bond acceptors (Lipinski definition) is 8. The third kappa shape index (κ3) is 6.01. The molecule has 0 aliphatic rings. The van der Waals surface area contributed by atoms with Gasteiger partial charge in [-0.15, -0.1) is 0 Å². The van der Waals surface area contributed by atoms with E-state index < -0.39 is 17.0 Å². The Morgan fingerprint density at radius 3 is 2.44 bits per heavy atom. The molecule has 10 nitrogen and oxygen atoms in total. The van der Waals surface area contributed by atoms with E-state index in [4.69, 9.17) is 14.2 Å². The molecular formula is C15H18N2O8. The Labute approximate surface area is 143 Å². The zero-order chi connectivity index (χ0) is 18.8. The van der Waals surface area contributed by atoms with Crippen molar-refractivity contribution in [2.24, 2.45) is 0 Å². The summed E-state index contributed by atoms with van der Waals surface area (Å²) in [6.07, 6.45) is 0.174. The van der Waals surface area contributed by atoms with Crippen LogP contribution in [0.3, 0.4) is 0 Å². The Kier molecular flexibility index (Phi) is 7.70. The van der Waals surface area contributed by atoms with Crippen molar-refractivity contribution in [3.8, 4) is 11.5 Å². The Morgan fingerprint density at radius 1 is 1.24 bits per heavy atom. The highest BCUT2D eigenvalue weighted by Crippen LogP contribution is 2.34. The first-order chi connectivity index (χ1) is 11.9. The average molecular weight is 354 g/mol. The summed E-state index contributed by atoms with van der Waals surface area (Å²) in [6, 6.07) is 2.54. The summed E-state index contributed by atoms with van der Waals surface area (Å²) >= 11 is 0. The number of amides is 1. The Morgan fingerprint density at radius 2 is 1.88 bits per heavy atom. The first-order valence-electron chi connectivity index (χ1n) is 7.02. The highest BCUT2D eigenvalue weighted by atomic mass is 16.6. The quantitative estimate of drug-likeness (QED) is 0.233. The Balaban J connectivity index is 2.66. The van der Waals surface area contributed by atoms with Crippen LogP contribution in [0.4, 0.5) is 10.5 Å². The van der Waals surface area contributed by atoms with Crippen LogP contribution in [0.2, 0.25) is 0 Å². The maximum Gasteiger partial charge on any atom is 0.407 e. The predicted octanol–water partition coefficient (Wildman–Crippen LogP) is 1.57. The molecule has 0 aromatic heterocycles. The standard InChI is InChI=1S/C15H18N2O8/c1-4-14(18)24-6-5-16-15(19)25-9-10-7-12(22-2)13(23-3)8-11(10)17(20)21/h4,7-8H,1,5-6,9H2,2-3H3,(H,16,19). The van der Waals surface area contributed by atoms with Crippen molar-refractivity contribution in [2.45, 2.75) is 6.61 Å². The van der Waals surface area contributed by atoms with E-state index in [1.807, 2.05) is 0 Å². The van der Waals surface area contributed by atoms with Crippen molar-refractivity contribution < 1.29 is 33.5 Å². The van der Waals surface area contributed by atoms with E-state index in [-0.39, 0.29) is 42.5 Å². The third-order valence-corrected chi connectivity index (χ3v) is 2.92. The summed E-state index contributed by atoms with van der Waals surface area (Å²) in [6.45, 7) is 2.83. The molecule has 1 N–H and O–H groups in total. The highest BCUT2D eigenvalue weighted by molar-refractivity contribution is 5.81. The monoisotopic (exact) mass is 354 g/mol. The molecule has 136 valence electrons. The number of rotatable bonds is 9. The van der Waals surface area contributed by atoms with Crippen LogP contribution in [0.15, 0.2) is 24.8 Å². The molecule has 0 radical (unpaired) electrons. The second-order valence-electron chi connectivity index (χ2n) is 4.47. The van der Waals surface area contributed by atoms with Gasteiger partial charge in [0.1, 0.15) is 13.2 Å². The molecular weight excluding hydrogens is 336 g/mol. The lowest BCUT2D eigenvalue weighted by atomic mass is 10.1. The third-order valence-electron chi connectivity index (χ3n) is 2.92. The van der Waals surface area contributed by atoms with Crippen LogP contribution >= 0.6 is 0 Å². The fourth-order valence-corrected chi connectivity index (χ4v) is 1.75. The summed E-state index contributed by atoms with van der Waals surface area (Å²) in [5.74, 6) is -0.161. The van der Waals surface area contributed by atoms with Gasteiger partial charge in [0.15, 0.2) is 11.5 Å². The number of alkyl carbamates (subject to hydrolysis) is 1. The number of esters is 1. The molecule has 0 saturated heterocycles. The largest absolute Gasteiger partial charge is 0.493 e. The molecule has 0 fully saturated rings. The van der Waals surface area contributed by atoms with Crippen molar-refractivity contribution in [2.75, 3.05) is 27.4 Å². The van der Waals surface area contributed by atoms with Gasteiger partial charge in [-0.25, -0.2) is 9.59 Å². The number of hydrogen-bond donors (Lipinski definition) is 1. The Bertz CT molecular complexity index is 659. The zero-order valence-electron chi connectivity index (χ0n) is 13.8. The Hall–Kier alpha value is -3.30. The summed E-state index contributed by atoms with van der Waals surface area (Å²) in [7, 11) is 2.73. The van der Waals surface area contributed by atoms with Gasteiger partial charge in [-0.2, -0.15) is 0 Å². The summed E-state index contributed by atoms with van der Waals surface area (Å²) < 4.78 is 19.7. The molecule has 0 atom stereocenters. The molecule has 1 aromatic carbocycles. The van der Waals surface area contributed by atoms with Crippen LogP contribution in [-0.4, -0.2) is 44.4 Å². The first-order valence-corrected chi connectivity index (χ1v) is 7.02. The number of carbonyl (C=O) groups is 2. The van der Waals surface area contributed by atoms with Crippen molar-refractivity contribution in [1.82, 2.24) is 5.32 Å². The van der Waals surface area contributed by atoms with Crippen molar-refractivity contribution in [3.05, 3.63) is 40.5 Å². The number of nitro groups is 1. The van der Waals surface area contributed by atoms with Gasteiger partial charge in [0, 0.05) is 6.08 Å². The maximum atomic E-state index is 11.6. The number of benzene rings is 1. The molecule has 0 aliphatic carbocycles. The lowest BCUT2D eigenvalue weighted by Crippen LogP contribution is -2.28. The number of carbonyl (C=O) groups excluding carboxylic acids is 2. The van der Waals surface area contributed by atoms with E-state index in [2.05, 4.69) is 16.6 Å². The average Bonchev–Trinajstić information content (AvgIpc) is 2.62. The number of nitro benzene ring substituents is 1. The molecule has 0 bridgehead atoms. The number of nitrogens with zero attached hydrogens (tertiary/aromatic N) is 1. The van der Waals surface area contributed by atoms with Gasteiger partial charge in [0.25, 0.3) is 5.69 Å². The minimum absolute atomic E-state index is 0.0203. The lowest BCUT2D eigenvalue weighted by molar-refractivity contribution is -0.385. The normalized spacial score (nSPS) is 9.68. The van der Waals surface area contributed by atoms with Gasteiger partial charge < -0.3 is 24.3 Å². The highest BCUT2D eigenvalue weighted by Gasteiger charge is 2.20. The van der Waals surface area contributed by atoms with Crippen LogP contribution in [0, 0.1) is 10.1 Å². The van der Waals surface area contributed by atoms with Crippen LogP contribution in [0.1, 0.15) is 5.56 Å². The molecule has 0 unspecified atom stereocenters. The van der Waals surface area contributed by atoms with Crippen LogP contribution in [0.25, 0.3) is 0 Å². The molecule has 1 rings (SSSR count). The smallest absolute Gasteiger partial charge is 0.407 e. The molecule has 0 spiro atoms. The molecule has 0 aliphatic heterocycles. The van der Waals surface area contributed by atoms with E-state index in [9.17, 15) is 19.7 Å². The van der Waals surface area contributed by atoms with Crippen molar-refractivity contribution in [1.29, 1.82) is 0 Å². The minimum Gasteiger partial charge on any atom is -0.493 e. The molecule has 10 heteroatoms. The second kappa shape index (κ2) is 9.75. The zero-order valence-corrected chi connectivity index (χ0v) is 13.8. The SMILES string of the molecule is C=CC(=O)OCCNC(=O)OCc1cc(OC)c(OC)cc1[N+](=O)[O-]. The summed E-state index contributed by atoms with van der Waals surface area (Å²) in [5.41, 5.74) is -0.138. The number of nitrogens with one attached hydrogen (secondary N) is 1. The number of ether oxygens (including phenoxy) is 4. The molecule has 0 saturated carbocycles. The first kappa shape index (κ1) is 19.7. The van der Waals surface area contributed by atoms with Crippen LogP contribution in [-0.2, 0) is 20.9 Å². The van der Waals surface area contributed by atoms with Crippen molar-refractivity contribution >= 4 is 17.7 Å². The number of methoxy groups -OCH3 is 2. The second-order valence-corrected chi connectivity index (χ2v) is 4.47. The van der Waals surface area contributed by atoms with Gasteiger partial charge in [-0.05, 0) is 6.07 Å². The van der Waals surface area contributed by atoms with Gasteiger partial charge in [-0.1, -0.05) is 6.58 Å².